The Kier molecular flexibility index (Phi) is 4.66. The predicted molar refractivity (Wildman–Crippen MR) is 110 cm³/mol. The van der Waals surface area contributed by atoms with Crippen molar-refractivity contribution in [3.8, 4) is 0 Å². The van der Waals surface area contributed by atoms with E-state index >= 15 is 0 Å². The van der Waals surface area contributed by atoms with Crippen LogP contribution in [0.1, 0.15) is 30.7 Å². The molecule has 0 spiro atoms. The third-order valence-corrected chi connectivity index (χ3v) is 6.01. The van der Waals surface area contributed by atoms with Gasteiger partial charge in [0.15, 0.2) is 0 Å². The molecular weight excluding hydrogens is 356 g/mol. The molecule has 1 amide bonds. The van der Waals surface area contributed by atoms with Crippen molar-refractivity contribution < 1.29 is 4.79 Å². The van der Waals surface area contributed by atoms with Crippen molar-refractivity contribution in [1.82, 2.24) is 19.9 Å². The van der Waals surface area contributed by atoms with E-state index in [4.69, 9.17) is 0 Å². The minimum absolute atomic E-state index is 0.0268. The van der Waals surface area contributed by atoms with Crippen molar-refractivity contribution in [1.29, 1.82) is 0 Å². The Labute approximate surface area is 162 Å². The number of aryl methyl sites for hydroxylation is 1. The highest BCUT2D eigenvalue weighted by molar-refractivity contribution is 7.18. The Morgan fingerprint density at radius 2 is 1.78 bits per heavy atom. The maximum absolute atomic E-state index is 12.7. The average molecular weight is 379 g/mol. The van der Waals surface area contributed by atoms with E-state index in [0.29, 0.717) is 6.54 Å². The van der Waals surface area contributed by atoms with E-state index in [1.807, 2.05) is 63.2 Å². The molecule has 0 aliphatic carbocycles. The lowest BCUT2D eigenvalue weighted by molar-refractivity contribution is -0.125. The number of aromatic nitrogens is 3. The first kappa shape index (κ1) is 17.7. The molecule has 0 aliphatic rings. The third kappa shape index (κ3) is 3.45. The summed E-state index contributed by atoms with van der Waals surface area (Å²) in [6, 6.07) is 16.0. The standard InChI is InChI=1S/C21H22N4OS/c1-13(12-25-15(3)23-16-8-4-6-10-18(16)25)20(26)22-14(2)21-24-17-9-5-7-11-19(17)27-21/h4-11,13-14H,12H2,1-3H3,(H,22,26)/t13-,14+/m1/s1. The van der Waals surface area contributed by atoms with Crippen molar-refractivity contribution in [2.45, 2.75) is 33.4 Å². The molecule has 138 valence electrons. The van der Waals surface area contributed by atoms with Crippen molar-refractivity contribution in [3.63, 3.8) is 0 Å². The van der Waals surface area contributed by atoms with Crippen molar-refractivity contribution >= 4 is 38.5 Å². The normalized spacial score (nSPS) is 13.7. The van der Waals surface area contributed by atoms with Gasteiger partial charge in [0.1, 0.15) is 10.8 Å². The van der Waals surface area contributed by atoms with Gasteiger partial charge in [0.2, 0.25) is 5.91 Å². The van der Waals surface area contributed by atoms with Crippen molar-refractivity contribution in [2.24, 2.45) is 5.92 Å². The van der Waals surface area contributed by atoms with E-state index in [0.717, 1.165) is 32.1 Å². The molecule has 0 saturated heterocycles. The zero-order valence-corrected chi connectivity index (χ0v) is 16.5. The number of amides is 1. The zero-order chi connectivity index (χ0) is 19.0. The number of nitrogens with one attached hydrogen (secondary N) is 1. The van der Waals surface area contributed by atoms with E-state index in [1.54, 1.807) is 11.3 Å². The van der Waals surface area contributed by atoms with Crippen LogP contribution < -0.4 is 5.32 Å². The van der Waals surface area contributed by atoms with E-state index < -0.39 is 0 Å². The van der Waals surface area contributed by atoms with Crippen LogP contribution in [0.4, 0.5) is 0 Å². The number of thiazole rings is 1. The maximum atomic E-state index is 12.7. The number of rotatable bonds is 5. The van der Waals surface area contributed by atoms with E-state index in [9.17, 15) is 4.79 Å². The molecule has 2 atom stereocenters. The molecule has 0 bridgehead atoms. The van der Waals surface area contributed by atoms with Gasteiger partial charge in [0.05, 0.1) is 33.2 Å². The number of hydrogen-bond donors (Lipinski definition) is 1. The van der Waals surface area contributed by atoms with Crippen LogP contribution in [0.5, 0.6) is 0 Å². The minimum Gasteiger partial charge on any atom is -0.347 e. The molecule has 2 aromatic carbocycles. The lowest BCUT2D eigenvalue weighted by atomic mass is 10.1. The summed E-state index contributed by atoms with van der Waals surface area (Å²) in [5.74, 6) is 0.784. The number of benzene rings is 2. The van der Waals surface area contributed by atoms with Gasteiger partial charge in [-0.2, -0.15) is 0 Å². The SMILES string of the molecule is Cc1nc2ccccc2n1C[C@@H](C)C(=O)N[C@@H](C)c1nc2ccccc2s1. The second-order valence-corrected chi connectivity index (χ2v) is 7.97. The largest absolute Gasteiger partial charge is 0.347 e. The Hall–Kier alpha value is -2.73. The molecule has 0 fully saturated rings. The molecule has 1 N–H and O–H groups in total. The van der Waals surface area contributed by atoms with E-state index in [2.05, 4.69) is 25.9 Å². The average Bonchev–Trinajstić information content (AvgIpc) is 3.23. The highest BCUT2D eigenvalue weighted by Crippen LogP contribution is 2.26. The quantitative estimate of drug-likeness (QED) is 0.557. The second-order valence-electron chi connectivity index (χ2n) is 6.91. The predicted octanol–water partition coefficient (Wildman–Crippen LogP) is 4.47. The molecule has 27 heavy (non-hydrogen) atoms. The Morgan fingerprint density at radius 3 is 2.56 bits per heavy atom. The fraction of sp³-hybridized carbons (Fsp3) is 0.286. The molecule has 6 heteroatoms. The molecule has 2 aromatic heterocycles. The van der Waals surface area contributed by atoms with Crippen LogP contribution in [0.25, 0.3) is 21.3 Å². The van der Waals surface area contributed by atoms with Crippen LogP contribution in [-0.4, -0.2) is 20.4 Å². The molecule has 4 aromatic rings. The number of fused-ring (bicyclic) bond motifs is 2. The minimum atomic E-state index is -0.168. The third-order valence-electron chi connectivity index (χ3n) is 4.79. The number of hydrogen-bond acceptors (Lipinski definition) is 4. The first-order valence-electron chi connectivity index (χ1n) is 9.10. The summed E-state index contributed by atoms with van der Waals surface area (Å²) in [5, 5.41) is 4.04. The van der Waals surface area contributed by atoms with Gasteiger partial charge < -0.3 is 9.88 Å². The summed E-state index contributed by atoms with van der Waals surface area (Å²) in [4.78, 5) is 22.0. The number of nitrogens with zero attached hydrogens (tertiary/aromatic N) is 3. The molecule has 0 unspecified atom stereocenters. The van der Waals surface area contributed by atoms with Crippen molar-refractivity contribution in [2.75, 3.05) is 0 Å². The molecule has 5 nitrogen and oxygen atoms in total. The summed E-state index contributed by atoms with van der Waals surface area (Å²) in [7, 11) is 0. The van der Waals surface area contributed by atoms with Gasteiger partial charge in [-0.25, -0.2) is 9.97 Å². The van der Waals surface area contributed by atoms with Gasteiger partial charge in [-0.3, -0.25) is 4.79 Å². The Bertz CT molecular complexity index is 1080. The van der Waals surface area contributed by atoms with Gasteiger partial charge in [-0.05, 0) is 38.1 Å². The Morgan fingerprint density at radius 1 is 1.07 bits per heavy atom. The maximum Gasteiger partial charge on any atom is 0.225 e. The van der Waals surface area contributed by atoms with E-state index in [-0.39, 0.29) is 17.9 Å². The van der Waals surface area contributed by atoms with Crippen LogP contribution in [0.2, 0.25) is 0 Å². The summed E-state index contributed by atoms with van der Waals surface area (Å²) >= 11 is 1.63. The summed E-state index contributed by atoms with van der Waals surface area (Å²) < 4.78 is 3.25. The summed E-state index contributed by atoms with van der Waals surface area (Å²) in [5.41, 5.74) is 3.01. The number of imidazole rings is 1. The topological polar surface area (TPSA) is 59.8 Å². The molecular formula is C21H22N4OS. The van der Waals surface area contributed by atoms with Crippen LogP contribution in [-0.2, 0) is 11.3 Å². The zero-order valence-electron chi connectivity index (χ0n) is 15.6. The lowest BCUT2D eigenvalue weighted by Crippen LogP contribution is -2.33. The second kappa shape index (κ2) is 7.12. The summed E-state index contributed by atoms with van der Waals surface area (Å²) in [6.45, 7) is 6.52. The van der Waals surface area contributed by atoms with E-state index in [1.165, 1.54) is 0 Å². The van der Waals surface area contributed by atoms with Gasteiger partial charge in [-0.1, -0.05) is 31.2 Å². The molecule has 0 radical (unpaired) electrons. The van der Waals surface area contributed by atoms with Crippen LogP contribution in [0, 0.1) is 12.8 Å². The highest BCUT2D eigenvalue weighted by Gasteiger charge is 2.20. The monoisotopic (exact) mass is 378 g/mol. The summed E-state index contributed by atoms with van der Waals surface area (Å²) in [6.07, 6.45) is 0. The van der Waals surface area contributed by atoms with Crippen LogP contribution in [0.3, 0.4) is 0 Å². The first-order chi connectivity index (χ1) is 13.0. The fourth-order valence-corrected chi connectivity index (χ4v) is 4.25. The smallest absolute Gasteiger partial charge is 0.225 e. The van der Waals surface area contributed by atoms with Crippen LogP contribution in [0.15, 0.2) is 48.5 Å². The molecule has 2 heterocycles. The van der Waals surface area contributed by atoms with Gasteiger partial charge in [0.25, 0.3) is 0 Å². The fourth-order valence-electron chi connectivity index (χ4n) is 3.28. The van der Waals surface area contributed by atoms with Crippen molar-refractivity contribution in [3.05, 3.63) is 59.4 Å². The van der Waals surface area contributed by atoms with Gasteiger partial charge in [-0.15, -0.1) is 11.3 Å². The molecule has 0 aliphatic heterocycles. The van der Waals surface area contributed by atoms with Crippen LogP contribution >= 0.6 is 11.3 Å². The first-order valence-corrected chi connectivity index (χ1v) is 9.92. The molecule has 0 saturated carbocycles. The molecule has 4 rings (SSSR count). The lowest BCUT2D eigenvalue weighted by Gasteiger charge is -2.17. The Balaban J connectivity index is 1.48. The number of carbonyl (C=O) groups excluding carboxylic acids is 1. The highest BCUT2D eigenvalue weighted by atomic mass is 32.1. The van der Waals surface area contributed by atoms with Gasteiger partial charge in [0, 0.05) is 6.54 Å². The van der Waals surface area contributed by atoms with Gasteiger partial charge >= 0.3 is 0 Å². The number of para-hydroxylation sites is 3. The number of carbonyl (C=O) groups is 1.